The van der Waals surface area contributed by atoms with Gasteiger partial charge in [0.1, 0.15) is 7.85 Å². The van der Waals surface area contributed by atoms with Gasteiger partial charge in [0.05, 0.1) is 0 Å². The van der Waals surface area contributed by atoms with Crippen molar-refractivity contribution < 1.29 is 0 Å². The molecule has 0 saturated carbocycles. The number of allylic oxidation sites excluding steroid dienone is 4. The van der Waals surface area contributed by atoms with Crippen LogP contribution in [-0.4, -0.2) is 7.85 Å². The van der Waals surface area contributed by atoms with Crippen LogP contribution in [0.4, 0.5) is 0 Å². The van der Waals surface area contributed by atoms with E-state index in [4.69, 9.17) is 7.85 Å². The quantitative estimate of drug-likeness (QED) is 0.603. The molecule has 0 N–H and O–H groups in total. The van der Waals surface area contributed by atoms with E-state index in [0.717, 1.165) is 11.9 Å². The van der Waals surface area contributed by atoms with Crippen LogP contribution >= 0.6 is 0 Å². The molecule has 1 aliphatic carbocycles. The third kappa shape index (κ3) is 1.56. The summed E-state index contributed by atoms with van der Waals surface area (Å²) in [6, 6.07) is 6.18. The third-order valence-corrected chi connectivity index (χ3v) is 3.33. The number of hydrogen-bond donors (Lipinski definition) is 0. The van der Waals surface area contributed by atoms with Crippen LogP contribution in [0.2, 0.25) is 0 Å². The first-order valence-corrected chi connectivity index (χ1v) is 5.36. The summed E-state index contributed by atoms with van der Waals surface area (Å²) in [5.74, 6) is 0. The number of benzene rings is 1. The standard InChI is InChI=1S/C14H15B/c1-4-9(2)12-8-13-11(10(12)3)6-5-7-14(13)15/h4-7H,8H2,1-3H3. The lowest BCUT2D eigenvalue weighted by Gasteiger charge is -2.04. The second-order valence-electron chi connectivity index (χ2n) is 4.13. The Morgan fingerprint density at radius 3 is 2.73 bits per heavy atom. The van der Waals surface area contributed by atoms with E-state index in [9.17, 15) is 0 Å². The van der Waals surface area contributed by atoms with Crippen LogP contribution in [0.5, 0.6) is 0 Å². The largest absolute Gasteiger partial charge is 0.114 e. The Labute approximate surface area is 93.1 Å². The first-order valence-electron chi connectivity index (χ1n) is 5.36. The predicted octanol–water partition coefficient (Wildman–Crippen LogP) is 2.78. The molecule has 0 fully saturated rings. The van der Waals surface area contributed by atoms with Crippen molar-refractivity contribution in [1.29, 1.82) is 0 Å². The predicted molar refractivity (Wildman–Crippen MR) is 67.6 cm³/mol. The average molecular weight is 194 g/mol. The summed E-state index contributed by atoms with van der Waals surface area (Å²) in [5.41, 5.74) is 7.73. The zero-order chi connectivity index (χ0) is 11.0. The first-order chi connectivity index (χ1) is 7.15. The highest BCUT2D eigenvalue weighted by molar-refractivity contribution is 6.33. The highest BCUT2D eigenvalue weighted by atomic mass is 14.2. The zero-order valence-electron chi connectivity index (χ0n) is 9.59. The maximum absolute atomic E-state index is 5.99. The van der Waals surface area contributed by atoms with E-state index in [-0.39, 0.29) is 0 Å². The van der Waals surface area contributed by atoms with Gasteiger partial charge in [-0.2, -0.15) is 0 Å². The van der Waals surface area contributed by atoms with Gasteiger partial charge in [0, 0.05) is 0 Å². The van der Waals surface area contributed by atoms with Crippen molar-refractivity contribution in [2.45, 2.75) is 27.2 Å². The molecule has 2 radical (unpaired) electrons. The molecule has 2 rings (SSSR count). The fourth-order valence-electron chi connectivity index (χ4n) is 2.23. The molecule has 0 atom stereocenters. The smallest absolute Gasteiger partial charge is 0.0926 e. The van der Waals surface area contributed by atoms with Crippen LogP contribution in [0.1, 0.15) is 31.9 Å². The van der Waals surface area contributed by atoms with E-state index in [1.807, 2.05) is 12.1 Å². The van der Waals surface area contributed by atoms with Crippen LogP contribution in [0.3, 0.4) is 0 Å². The Hall–Kier alpha value is -1.24. The number of fused-ring (bicyclic) bond motifs is 1. The lowest BCUT2D eigenvalue weighted by atomic mass is 9.87. The van der Waals surface area contributed by atoms with E-state index in [1.54, 1.807) is 0 Å². The molecular weight excluding hydrogens is 179 g/mol. The molecule has 0 unspecified atom stereocenters. The van der Waals surface area contributed by atoms with Crippen molar-refractivity contribution in [1.82, 2.24) is 0 Å². The minimum atomic E-state index is 0.922. The monoisotopic (exact) mass is 194 g/mol. The van der Waals surface area contributed by atoms with Gasteiger partial charge in [-0.1, -0.05) is 35.3 Å². The molecule has 1 aromatic rings. The molecule has 15 heavy (non-hydrogen) atoms. The molecular formula is C14H15B. The van der Waals surface area contributed by atoms with Crippen molar-refractivity contribution >= 4 is 18.9 Å². The molecule has 0 spiro atoms. The molecule has 0 heterocycles. The minimum Gasteiger partial charge on any atom is -0.0926 e. The topological polar surface area (TPSA) is 0 Å². The normalized spacial score (nSPS) is 15.8. The lowest BCUT2D eigenvalue weighted by molar-refractivity contribution is 1.19. The van der Waals surface area contributed by atoms with Crippen LogP contribution in [0.25, 0.3) is 5.57 Å². The van der Waals surface area contributed by atoms with E-state index in [1.165, 1.54) is 27.8 Å². The van der Waals surface area contributed by atoms with Gasteiger partial charge in [0.15, 0.2) is 0 Å². The first kappa shape index (κ1) is 10.3. The van der Waals surface area contributed by atoms with Gasteiger partial charge in [-0.25, -0.2) is 0 Å². The van der Waals surface area contributed by atoms with Gasteiger partial charge in [-0.15, -0.1) is 0 Å². The van der Waals surface area contributed by atoms with E-state index in [0.29, 0.717) is 0 Å². The highest BCUT2D eigenvalue weighted by Crippen LogP contribution is 2.34. The lowest BCUT2D eigenvalue weighted by Crippen LogP contribution is -2.09. The van der Waals surface area contributed by atoms with Crippen LogP contribution < -0.4 is 5.46 Å². The molecule has 1 aliphatic rings. The summed E-state index contributed by atoms with van der Waals surface area (Å²) in [5, 5.41) is 0. The Morgan fingerprint density at radius 1 is 1.40 bits per heavy atom. The molecule has 0 bridgehead atoms. The minimum absolute atomic E-state index is 0.922. The summed E-state index contributed by atoms with van der Waals surface area (Å²) in [6.45, 7) is 6.44. The molecule has 0 amide bonds. The molecule has 0 saturated heterocycles. The number of rotatable bonds is 1. The summed E-state index contributed by atoms with van der Waals surface area (Å²) in [4.78, 5) is 0. The van der Waals surface area contributed by atoms with E-state index in [2.05, 4.69) is 32.9 Å². The Bertz CT molecular complexity index is 464. The van der Waals surface area contributed by atoms with Gasteiger partial charge in [0.2, 0.25) is 0 Å². The van der Waals surface area contributed by atoms with Gasteiger partial charge >= 0.3 is 0 Å². The summed E-state index contributed by atoms with van der Waals surface area (Å²) in [7, 11) is 5.99. The van der Waals surface area contributed by atoms with Gasteiger partial charge < -0.3 is 0 Å². The Morgan fingerprint density at radius 2 is 2.13 bits per heavy atom. The van der Waals surface area contributed by atoms with E-state index < -0.39 is 0 Å². The molecule has 0 aromatic heterocycles. The Balaban J connectivity index is 2.54. The van der Waals surface area contributed by atoms with E-state index >= 15 is 0 Å². The molecule has 0 aliphatic heterocycles. The van der Waals surface area contributed by atoms with Crippen molar-refractivity contribution in [2.24, 2.45) is 0 Å². The van der Waals surface area contributed by atoms with Crippen molar-refractivity contribution in [3.8, 4) is 0 Å². The SMILES string of the molecule is [B]c1cccc2c1CC(C(C)=CC)=C2C. The molecule has 1 heteroatoms. The average Bonchev–Trinajstić information content (AvgIpc) is 2.57. The number of hydrogen-bond acceptors (Lipinski definition) is 0. The summed E-state index contributed by atoms with van der Waals surface area (Å²) < 4.78 is 0. The summed E-state index contributed by atoms with van der Waals surface area (Å²) >= 11 is 0. The second-order valence-corrected chi connectivity index (χ2v) is 4.13. The van der Waals surface area contributed by atoms with Gasteiger partial charge in [-0.05, 0) is 49.5 Å². The molecule has 1 aromatic carbocycles. The highest BCUT2D eigenvalue weighted by Gasteiger charge is 2.19. The zero-order valence-corrected chi connectivity index (χ0v) is 9.59. The summed E-state index contributed by atoms with van der Waals surface area (Å²) in [6.07, 6.45) is 3.16. The van der Waals surface area contributed by atoms with Crippen LogP contribution in [-0.2, 0) is 6.42 Å². The maximum Gasteiger partial charge on any atom is 0.114 e. The fourth-order valence-corrected chi connectivity index (χ4v) is 2.23. The van der Waals surface area contributed by atoms with Crippen molar-refractivity contribution in [3.05, 3.63) is 46.5 Å². The van der Waals surface area contributed by atoms with Crippen molar-refractivity contribution in [3.63, 3.8) is 0 Å². The Kier molecular flexibility index (Phi) is 2.56. The maximum atomic E-state index is 5.99. The molecule has 74 valence electrons. The third-order valence-electron chi connectivity index (χ3n) is 3.33. The fraction of sp³-hybridized carbons (Fsp3) is 0.286. The van der Waals surface area contributed by atoms with Crippen LogP contribution in [0.15, 0.2) is 35.4 Å². The second kappa shape index (κ2) is 3.73. The van der Waals surface area contributed by atoms with Crippen molar-refractivity contribution in [2.75, 3.05) is 0 Å². The van der Waals surface area contributed by atoms with Gasteiger partial charge in [-0.3, -0.25) is 0 Å². The molecule has 0 nitrogen and oxygen atoms in total. The van der Waals surface area contributed by atoms with Crippen LogP contribution in [0, 0.1) is 0 Å². The van der Waals surface area contributed by atoms with Gasteiger partial charge in [0.25, 0.3) is 0 Å².